The van der Waals surface area contributed by atoms with Crippen LogP contribution < -0.4 is 0 Å². The molecule has 0 aromatic heterocycles. The Labute approximate surface area is 136 Å². The highest BCUT2D eigenvalue weighted by atomic mass is 35.5. The maximum absolute atomic E-state index is 12.0. The van der Waals surface area contributed by atoms with Crippen LogP contribution in [-0.4, -0.2) is 4.55 Å². The van der Waals surface area contributed by atoms with Crippen molar-refractivity contribution >= 4 is 52.1 Å². The lowest BCUT2D eigenvalue weighted by atomic mass is 10.2. The summed E-state index contributed by atoms with van der Waals surface area (Å²) in [5.74, 6) is 0.361. The maximum Gasteiger partial charge on any atom is 0.137 e. The van der Waals surface area contributed by atoms with E-state index in [4.69, 9.17) is 34.8 Å². The van der Waals surface area contributed by atoms with Crippen molar-refractivity contribution < 1.29 is 4.55 Å². The number of halogens is 3. The van der Waals surface area contributed by atoms with Crippen molar-refractivity contribution in [2.45, 2.75) is 5.75 Å². The maximum atomic E-state index is 12.0. The smallest absolute Gasteiger partial charge is 0.137 e. The van der Waals surface area contributed by atoms with Crippen molar-refractivity contribution in [3.63, 3.8) is 0 Å². The highest BCUT2D eigenvalue weighted by Gasteiger charge is 2.08. The van der Waals surface area contributed by atoms with Crippen LogP contribution in [-0.2, 0) is 16.9 Å². The number of hydrogen-bond acceptors (Lipinski definition) is 1. The topological polar surface area (TPSA) is 23.1 Å². The molecule has 0 aliphatic heterocycles. The Morgan fingerprint density at radius 1 is 0.950 bits per heavy atom. The van der Waals surface area contributed by atoms with Crippen LogP contribution in [0.2, 0.25) is 15.1 Å². The average molecular weight is 346 g/mol. The van der Waals surface area contributed by atoms with Crippen molar-refractivity contribution in [2.75, 3.05) is 0 Å². The minimum atomic E-state index is -1.13. The highest BCUT2D eigenvalue weighted by molar-refractivity contribution is 7.93. The largest absolute Gasteiger partial charge is 0.612 e. The van der Waals surface area contributed by atoms with Crippen LogP contribution in [0.4, 0.5) is 0 Å². The molecule has 0 radical (unpaired) electrons. The highest BCUT2D eigenvalue weighted by Crippen LogP contribution is 2.23. The molecule has 0 aliphatic carbocycles. The molecule has 0 fully saturated rings. The summed E-state index contributed by atoms with van der Waals surface area (Å²) in [4.78, 5) is 0. The van der Waals surface area contributed by atoms with Gasteiger partial charge in [0.05, 0.1) is 0 Å². The number of hydrogen-bond donors (Lipinski definition) is 0. The normalized spacial score (nSPS) is 12.8. The molecule has 2 aromatic carbocycles. The molecule has 1 atom stereocenters. The zero-order valence-electron chi connectivity index (χ0n) is 10.4. The number of rotatable bonds is 4. The van der Waals surface area contributed by atoms with Gasteiger partial charge in [0.1, 0.15) is 11.2 Å². The summed E-state index contributed by atoms with van der Waals surface area (Å²) < 4.78 is 12.0. The predicted molar refractivity (Wildman–Crippen MR) is 88.8 cm³/mol. The summed E-state index contributed by atoms with van der Waals surface area (Å²) in [6, 6.07) is 12.5. The lowest BCUT2D eigenvalue weighted by molar-refractivity contribution is 0.603. The van der Waals surface area contributed by atoms with Crippen molar-refractivity contribution in [3.8, 4) is 0 Å². The summed E-state index contributed by atoms with van der Waals surface area (Å²) in [5, 5.41) is 3.43. The Hall–Kier alpha value is -0.640. The van der Waals surface area contributed by atoms with E-state index in [0.717, 1.165) is 11.1 Å². The molecule has 1 unspecified atom stereocenters. The monoisotopic (exact) mass is 344 g/mol. The molecule has 0 N–H and O–H groups in total. The van der Waals surface area contributed by atoms with Gasteiger partial charge in [-0.3, -0.25) is 0 Å². The van der Waals surface area contributed by atoms with Gasteiger partial charge >= 0.3 is 0 Å². The van der Waals surface area contributed by atoms with E-state index in [-0.39, 0.29) is 0 Å². The van der Waals surface area contributed by atoms with Gasteiger partial charge in [0.15, 0.2) is 0 Å². The molecule has 0 spiro atoms. The van der Waals surface area contributed by atoms with Gasteiger partial charge in [-0.25, -0.2) is 0 Å². The molecule has 0 saturated carbocycles. The Balaban J connectivity index is 2.01. The first-order valence-electron chi connectivity index (χ1n) is 5.79. The van der Waals surface area contributed by atoms with E-state index in [9.17, 15) is 4.55 Å². The van der Waals surface area contributed by atoms with E-state index in [1.54, 1.807) is 41.8 Å². The van der Waals surface area contributed by atoms with E-state index < -0.39 is 11.2 Å². The van der Waals surface area contributed by atoms with E-state index in [1.807, 2.05) is 12.1 Å². The van der Waals surface area contributed by atoms with Crippen molar-refractivity contribution in [3.05, 3.63) is 74.1 Å². The minimum Gasteiger partial charge on any atom is -0.612 e. The van der Waals surface area contributed by atoms with E-state index in [2.05, 4.69) is 0 Å². The fourth-order valence-electron chi connectivity index (χ4n) is 1.57. The molecule has 104 valence electrons. The Morgan fingerprint density at radius 3 is 2.25 bits per heavy atom. The third kappa shape index (κ3) is 4.72. The second-order valence-electron chi connectivity index (χ2n) is 4.12. The van der Waals surface area contributed by atoms with Gasteiger partial charge in [0.2, 0.25) is 0 Å². The molecule has 0 saturated heterocycles. The summed E-state index contributed by atoms with van der Waals surface area (Å²) in [7, 11) is 0. The summed E-state index contributed by atoms with van der Waals surface area (Å²) in [5.41, 5.74) is 1.76. The Bertz CT molecular complexity index is 611. The molecule has 5 heteroatoms. The predicted octanol–water partition coefficient (Wildman–Crippen LogP) is 5.57. The van der Waals surface area contributed by atoms with Crippen molar-refractivity contribution in [2.24, 2.45) is 0 Å². The van der Waals surface area contributed by atoms with Gasteiger partial charge in [-0.05, 0) is 47.1 Å². The second kappa shape index (κ2) is 7.39. The fraction of sp³-hybridized carbons (Fsp3) is 0.0667. The molecule has 0 amide bonds. The summed E-state index contributed by atoms with van der Waals surface area (Å²) in [6.07, 6.45) is 1.80. The Morgan fingerprint density at radius 2 is 1.60 bits per heavy atom. The van der Waals surface area contributed by atoms with Crippen LogP contribution in [0.15, 0.2) is 47.9 Å². The van der Waals surface area contributed by atoms with E-state index >= 15 is 0 Å². The van der Waals surface area contributed by atoms with Gasteiger partial charge in [-0.2, -0.15) is 0 Å². The molecule has 0 heterocycles. The van der Waals surface area contributed by atoms with Crippen LogP contribution in [0.25, 0.3) is 6.08 Å². The molecular weight excluding hydrogens is 335 g/mol. The third-order valence-corrected chi connectivity index (χ3v) is 4.47. The van der Waals surface area contributed by atoms with Gasteiger partial charge in [0, 0.05) is 20.6 Å². The Kier molecular flexibility index (Phi) is 5.82. The lowest BCUT2D eigenvalue weighted by Crippen LogP contribution is -2.00. The van der Waals surface area contributed by atoms with Crippen LogP contribution in [0.3, 0.4) is 0 Å². The zero-order chi connectivity index (χ0) is 14.5. The van der Waals surface area contributed by atoms with Gasteiger partial charge in [-0.15, -0.1) is 0 Å². The van der Waals surface area contributed by atoms with Gasteiger partial charge in [-0.1, -0.05) is 53.0 Å². The first-order valence-corrected chi connectivity index (χ1v) is 8.31. The fourth-order valence-corrected chi connectivity index (χ4v) is 3.21. The van der Waals surface area contributed by atoms with Gasteiger partial charge in [0.25, 0.3) is 0 Å². The molecule has 0 aliphatic rings. The quantitative estimate of drug-likeness (QED) is 0.665. The first-order chi connectivity index (χ1) is 9.54. The van der Waals surface area contributed by atoms with Crippen LogP contribution in [0.5, 0.6) is 0 Å². The van der Waals surface area contributed by atoms with Crippen LogP contribution in [0.1, 0.15) is 11.1 Å². The second-order valence-corrected chi connectivity index (χ2v) is 6.72. The molecule has 1 nitrogen and oxygen atoms in total. The zero-order valence-corrected chi connectivity index (χ0v) is 13.4. The van der Waals surface area contributed by atoms with Crippen molar-refractivity contribution in [1.29, 1.82) is 0 Å². The van der Waals surface area contributed by atoms with Crippen molar-refractivity contribution in [1.82, 2.24) is 0 Å². The third-order valence-electron chi connectivity index (χ3n) is 2.60. The van der Waals surface area contributed by atoms with E-state index in [0.29, 0.717) is 20.8 Å². The molecular formula is C15H11Cl3OS. The minimum absolute atomic E-state index is 0.361. The van der Waals surface area contributed by atoms with Gasteiger partial charge < -0.3 is 4.55 Å². The SMILES string of the molecule is [O-][S+](C=Cc1ccc(Cl)cc1)Cc1ccc(Cl)cc1Cl. The molecule has 20 heavy (non-hydrogen) atoms. The standard InChI is InChI=1S/C15H11Cl3OS/c16-13-4-1-11(2-5-13)7-8-20(19)10-12-3-6-14(17)9-15(12)18/h1-9H,10H2. The summed E-state index contributed by atoms with van der Waals surface area (Å²) in [6.45, 7) is 0. The first kappa shape index (κ1) is 15.7. The summed E-state index contributed by atoms with van der Waals surface area (Å²) >= 11 is 16.5. The average Bonchev–Trinajstić information content (AvgIpc) is 2.41. The number of benzene rings is 2. The lowest BCUT2D eigenvalue weighted by Gasteiger charge is -2.07. The molecule has 2 rings (SSSR count). The van der Waals surface area contributed by atoms with Crippen LogP contribution >= 0.6 is 34.8 Å². The van der Waals surface area contributed by atoms with E-state index in [1.165, 1.54) is 0 Å². The molecule has 0 bridgehead atoms. The molecule has 2 aromatic rings. The van der Waals surface area contributed by atoms with Crippen LogP contribution in [0, 0.1) is 0 Å².